The first-order valence-electron chi connectivity index (χ1n) is 5.72. The highest BCUT2D eigenvalue weighted by molar-refractivity contribution is 7.09. The predicted molar refractivity (Wildman–Crippen MR) is 69.6 cm³/mol. The van der Waals surface area contributed by atoms with E-state index < -0.39 is 18.1 Å². The average molecular weight is 300 g/mol. The summed E-state index contributed by atoms with van der Waals surface area (Å²) >= 11 is 1.21. The summed E-state index contributed by atoms with van der Waals surface area (Å²) in [7, 11) is 0. The lowest BCUT2D eigenvalue weighted by Gasteiger charge is -2.21. The van der Waals surface area contributed by atoms with Gasteiger partial charge in [0.15, 0.2) is 6.04 Å². The van der Waals surface area contributed by atoms with Crippen molar-refractivity contribution < 1.29 is 18.0 Å². The number of aryl methyl sites for hydroxylation is 1. The molecule has 7 heteroatoms. The Morgan fingerprint density at radius 2 is 1.95 bits per heavy atom. The summed E-state index contributed by atoms with van der Waals surface area (Å²) in [6.07, 6.45) is -4.57. The molecular weight excluding hydrogens is 289 g/mol. The SMILES string of the molecule is Cc1nc(C(=O)NC(c2ccccc2)C(F)(F)F)cs1. The van der Waals surface area contributed by atoms with E-state index in [1.807, 2.05) is 5.32 Å². The van der Waals surface area contributed by atoms with Crippen LogP contribution in [0.5, 0.6) is 0 Å². The van der Waals surface area contributed by atoms with Gasteiger partial charge in [0.2, 0.25) is 0 Å². The van der Waals surface area contributed by atoms with Crippen molar-refractivity contribution >= 4 is 17.2 Å². The molecule has 0 aliphatic heterocycles. The second kappa shape index (κ2) is 5.62. The molecule has 0 fully saturated rings. The third-order valence-electron chi connectivity index (χ3n) is 2.59. The number of hydrogen-bond acceptors (Lipinski definition) is 3. The molecule has 0 saturated carbocycles. The van der Waals surface area contributed by atoms with E-state index in [0.29, 0.717) is 5.01 Å². The summed E-state index contributed by atoms with van der Waals surface area (Å²) in [4.78, 5) is 15.7. The van der Waals surface area contributed by atoms with E-state index in [1.165, 1.54) is 41.0 Å². The monoisotopic (exact) mass is 300 g/mol. The highest BCUT2D eigenvalue weighted by Crippen LogP contribution is 2.32. The van der Waals surface area contributed by atoms with Crippen molar-refractivity contribution in [3.63, 3.8) is 0 Å². The number of nitrogens with one attached hydrogen (secondary N) is 1. The molecule has 1 amide bonds. The largest absolute Gasteiger partial charge is 0.412 e. The van der Waals surface area contributed by atoms with E-state index in [0.717, 1.165) is 0 Å². The molecule has 1 heterocycles. The zero-order valence-corrected chi connectivity index (χ0v) is 11.3. The molecule has 1 N–H and O–H groups in total. The Bertz CT molecular complexity index is 595. The molecule has 0 radical (unpaired) electrons. The van der Waals surface area contributed by atoms with Crippen LogP contribution in [0.25, 0.3) is 0 Å². The van der Waals surface area contributed by atoms with Gasteiger partial charge in [-0.2, -0.15) is 13.2 Å². The molecule has 0 spiro atoms. The van der Waals surface area contributed by atoms with Crippen molar-refractivity contribution in [1.82, 2.24) is 10.3 Å². The molecule has 2 rings (SSSR count). The van der Waals surface area contributed by atoms with Gasteiger partial charge in [0.1, 0.15) is 5.69 Å². The molecule has 3 nitrogen and oxygen atoms in total. The number of thiazole rings is 1. The van der Waals surface area contributed by atoms with Crippen LogP contribution in [0.2, 0.25) is 0 Å². The van der Waals surface area contributed by atoms with Crippen molar-refractivity contribution in [2.75, 3.05) is 0 Å². The second-order valence-corrected chi connectivity index (χ2v) is 5.17. The van der Waals surface area contributed by atoms with Gasteiger partial charge in [-0.15, -0.1) is 11.3 Å². The van der Waals surface area contributed by atoms with E-state index >= 15 is 0 Å². The Morgan fingerprint density at radius 3 is 2.45 bits per heavy atom. The van der Waals surface area contributed by atoms with Crippen LogP contribution in [-0.2, 0) is 0 Å². The predicted octanol–water partition coefficient (Wildman–Crippen LogP) is 3.48. The Labute approximate surface area is 117 Å². The van der Waals surface area contributed by atoms with Gasteiger partial charge in [0, 0.05) is 5.38 Å². The molecule has 0 aliphatic rings. The number of rotatable bonds is 3. The number of carbonyl (C=O) groups is 1. The van der Waals surface area contributed by atoms with Gasteiger partial charge in [-0.05, 0) is 12.5 Å². The quantitative estimate of drug-likeness (QED) is 0.943. The third kappa shape index (κ3) is 3.36. The van der Waals surface area contributed by atoms with Gasteiger partial charge >= 0.3 is 6.18 Å². The van der Waals surface area contributed by atoms with Crippen LogP contribution in [0.1, 0.15) is 27.1 Å². The third-order valence-corrected chi connectivity index (χ3v) is 3.36. The Morgan fingerprint density at radius 1 is 1.30 bits per heavy atom. The number of halogens is 3. The molecule has 106 valence electrons. The van der Waals surface area contributed by atoms with Crippen molar-refractivity contribution in [3.05, 3.63) is 52.0 Å². The van der Waals surface area contributed by atoms with Crippen LogP contribution in [0, 0.1) is 6.92 Å². The van der Waals surface area contributed by atoms with Gasteiger partial charge in [0.05, 0.1) is 5.01 Å². The van der Waals surface area contributed by atoms with Crippen LogP contribution in [0.4, 0.5) is 13.2 Å². The second-order valence-electron chi connectivity index (χ2n) is 4.11. The topological polar surface area (TPSA) is 42.0 Å². The van der Waals surface area contributed by atoms with E-state index in [2.05, 4.69) is 4.98 Å². The normalized spacial score (nSPS) is 13.0. The molecule has 0 bridgehead atoms. The fourth-order valence-corrected chi connectivity index (χ4v) is 2.27. The van der Waals surface area contributed by atoms with Crippen LogP contribution < -0.4 is 5.32 Å². The Kier molecular flexibility index (Phi) is 4.08. The Hall–Kier alpha value is -1.89. The zero-order valence-electron chi connectivity index (χ0n) is 10.4. The number of benzene rings is 1. The molecule has 2 aromatic rings. The fourth-order valence-electron chi connectivity index (χ4n) is 1.67. The first kappa shape index (κ1) is 14.5. The lowest BCUT2D eigenvalue weighted by atomic mass is 10.1. The highest BCUT2D eigenvalue weighted by atomic mass is 32.1. The summed E-state index contributed by atoms with van der Waals surface area (Å²) in [5, 5.41) is 4.04. The minimum atomic E-state index is -4.57. The smallest absolute Gasteiger partial charge is 0.335 e. The first-order chi connectivity index (χ1) is 9.38. The first-order valence-corrected chi connectivity index (χ1v) is 6.60. The maximum Gasteiger partial charge on any atom is 0.412 e. The standard InChI is InChI=1S/C13H11F3N2OS/c1-8-17-10(7-20-8)12(19)18-11(13(14,15)16)9-5-3-2-4-6-9/h2-7,11H,1H3,(H,18,19). The van der Waals surface area contributed by atoms with Crippen LogP contribution in [-0.4, -0.2) is 17.1 Å². The van der Waals surface area contributed by atoms with E-state index in [-0.39, 0.29) is 11.3 Å². The number of nitrogens with zero attached hydrogens (tertiary/aromatic N) is 1. The number of alkyl halides is 3. The summed E-state index contributed by atoms with van der Waals surface area (Å²) in [6, 6.07) is 5.21. The maximum absolute atomic E-state index is 13.1. The minimum absolute atomic E-state index is 0.00215. The minimum Gasteiger partial charge on any atom is -0.335 e. The van der Waals surface area contributed by atoms with Crippen molar-refractivity contribution in [2.45, 2.75) is 19.1 Å². The van der Waals surface area contributed by atoms with E-state index in [9.17, 15) is 18.0 Å². The van der Waals surface area contributed by atoms with Crippen molar-refractivity contribution in [1.29, 1.82) is 0 Å². The van der Waals surface area contributed by atoms with E-state index in [4.69, 9.17) is 0 Å². The molecular formula is C13H11F3N2OS. The number of aromatic nitrogens is 1. The molecule has 1 unspecified atom stereocenters. The van der Waals surface area contributed by atoms with Gasteiger partial charge in [0.25, 0.3) is 5.91 Å². The van der Waals surface area contributed by atoms with Crippen LogP contribution >= 0.6 is 11.3 Å². The molecule has 0 saturated heterocycles. The highest BCUT2D eigenvalue weighted by Gasteiger charge is 2.42. The summed E-state index contributed by atoms with van der Waals surface area (Å²) in [6.45, 7) is 1.68. The zero-order chi connectivity index (χ0) is 14.8. The maximum atomic E-state index is 13.1. The number of amides is 1. The van der Waals surface area contributed by atoms with Gasteiger partial charge in [-0.25, -0.2) is 4.98 Å². The van der Waals surface area contributed by atoms with Gasteiger partial charge in [-0.1, -0.05) is 30.3 Å². The van der Waals surface area contributed by atoms with Crippen molar-refractivity contribution in [2.24, 2.45) is 0 Å². The lowest BCUT2D eigenvalue weighted by molar-refractivity contribution is -0.155. The molecule has 1 aromatic carbocycles. The lowest BCUT2D eigenvalue weighted by Crippen LogP contribution is -2.38. The molecule has 1 aromatic heterocycles. The van der Waals surface area contributed by atoms with Crippen LogP contribution in [0.15, 0.2) is 35.7 Å². The summed E-state index contributed by atoms with van der Waals surface area (Å²) in [5.74, 6) is -0.833. The van der Waals surface area contributed by atoms with E-state index in [1.54, 1.807) is 13.0 Å². The molecule has 20 heavy (non-hydrogen) atoms. The fraction of sp³-hybridized carbons (Fsp3) is 0.231. The van der Waals surface area contributed by atoms with Gasteiger partial charge < -0.3 is 5.32 Å². The molecule has 1 atom stereocenters. The van der Waals surface area contributed by atoms with Crippen molar-refractivity contribution in [3.8, 4) is 0 Å². The molecule has 0 aliphatic carbocycles. The van der Waals surface area contributed by atoms with Crippen LogP contribution in [0.3, 0.4) is 0 Å². The van der Waals surface area contributed by atoms with Gasteiger partial charge in [-0.3, -0.25) is 4.79 Å². The summed E-state index contributed by atoms with van der Waals surface area (Å²) in [5.41, 5.74) is -0.0158. The Balaban J connectivity index is 2.23. The number of carbonyl (C=O) groups excluding carboxylic acids is 1. The average Bonchev–Trinajstić information content (AvgIpc) is 2.82. The summed E-state index contributed by atoms with van der Waals surface area (Å²) < 4.78 is 39.2. The number of hydrogen-bond donors (Lipinski definition) is 1.